The van der Waals surface area contributed by atoms with E-state index in [1.54, 1.807) is 36.4 Å². The van der Waals surface area contributed by atoms with E-state index in [9.17, 15) is 13.9 Å². The summed E-state index contributed by atoms with van der Waals surface area (Å²) >= 11 is 0. The molecule has 3 aromatic rings. The van der Waals surface area contributed by atoms with Gasteiger partial charge in [-0.15, -0.1) is 0 Å². The molecule has 0 aromatic heterocycles. The normalized spacial score (nSPS) is 10.5. The highest BCUT2D eigenvalue weighted by Crippen LogP contribution is 2.35. The van der Waals surface area contributed by atoms with Crippen LogP contribution in [0.25, 0.3) is 11.1 Å². The van der Waals surface area contributed by atoms with E-state index >= 15 is 0 Å². The molecule has 0 aliphatic heterocycles. The second kappa shape index (κ2) is 5.85. The summed E-state index contributed by atoms with van der Waals surface area (Å²) < 4.78 is 32.9. The molecule has 0 fully saturated rings. The van der Waals surface area contributed by atoms with Crippen LogP contribution >= 0.6 is 0 Å². The molecule has 0 aliphatic rings. The standard InChI is InChI=1S/C18H12F2O2/c19-15-10-12(11-16(20)18(15)21)14-8-4-5-9-17(14)22-13-6-2-1-3-7-13/h1-11,21H. The SMILES string of the molecule is Oc1c(F)cc(-c2ccccc2Oc2ccccc2)cc1F. The lowest BCUT2D eigenvalue weighted by Gasteiger charge is -2.12. The van der Waals surface area contributed by atoms with Gasteiger partial charge in [0.05, 0.1) is 0 Å². The second-order valence-electron chi connectivity index (χ2n) is 4.70. The number of para-hydroxylation sites is 2. The van der Waals surface area contributed by atoms with Crippen LogP contribution in [0.15, 0.2) is 66.7 Å². The summed E-state index contributed by atoms with van der Waals surface area (Å²) in [5.74, 6) is -1.91. The third-order valence-corrected chi connectivity index (χ3v) is 3.19. The molecule has 110 valence electrons. The third-order valence-electron chi connectivity index (χ3n) is 3.19. The summed E-state index contributed by atoms with van der Waals surface area (Å²) in [6.45, 7) is 0. The first kappa shape index (κ1) is 14.1. The van der Waals surface area contributed by atoms with Crippen LogP contribution < -0.4 is 4.74 Å². The Morgan fingerprint density at radius 2 is 1.36 bits per heavy atom. The monoisotopic (exact) mass is 298 g/mol. The first-order valence-electron chi connectivity index (χ1n) is 6.65. The van der Waals surface area contributed by atoms with E-state index in [0.29, 0.717) is 22.6 Å². The molecule has 0 bridgehead atoms. The molecule has 0 atom stereocenters. The van der Waals surface area contributed by atoms with Gasteiger partial charge < -0.3 is 9.84 Å². The number of hydrogen-bond acceptors (Lipinski definition) is 2. The van der Waals surface area contributed by atoms with Crippen molar-refractivity contribution < 1.29 is 18.6 Å². The predicted octanol–water partition coefficient (Wildman–Crippen LogP) is 5.13. The maximum absolute atomic E-state index is 13.6. The zero-order valence-corrected chi connectivity index (χ0v) is 11.5. The number of aromatic hydroxyl groups is 1. The molecule has 0 spiro atoms. The smallest absolute Gasteiger partial charge is 0.187 e. The minimum absolute atomic E-state index is 0.291. The first-order chi connectivity index (χ1) is 10.6. The van der Waals surface area contributed by atoms with Gasteiger partial charge in [0.2, 0.25) is 0 Å². The average molecular weight is 298 g/mol. The van der Waals surface area contributed by atoms with Gasteiger partial charge in [-0.05, 0) is 35.9 Å². The Hall–Kier alpha value is -2.88. The molecule has 0 heterocycles. The van der Waals surface area contributed by atoms with E-state index in [1.807, 2.05) is 18.2 Å². The van der Waals surface area contributed by atoms with Crippen molar-refractivity contribution in [2.45, 2.75) is 0 Å². The highest BCUT2D eigenvalue weighted by atomic mass is 19.1. The average Bonchev–Trinajstić information content (AvgIpc) is 2.54. The quantitative estimate of drug-likeness (QED) is 0.726. The van der Waals surface area contributed by atoms with Crippen molar-refractivity contribution in [2.75, 3.05) is 0 Å². The number of benzene rings is 3. The van der Waals surface area contributed by atoms with Gasteiger partial charge in [0, 0.05) is 5.56 Å². The van der Waals surface area contributed by atoms with Gasteiger partial charge in [-0.1, -0.05) is 36.4 Å². The summed E-state index contributed by atoms with van der Waals surface area (Å²) in [5.41, 5.74) is 0.823. The maximum Gasteiger partial charge on any atom is 0.187 e. The summed E-state index contributed by atoms with van der Waals surface area (Å²) in [7, 11) is 0. The fraction of sp³-hybridized carbons (Fsp3) is 0. The van der Waals surface area contributed by atoms with E-state index in [4.69, 9.17) is 4.74 Å². The van der Waals surface area contributed by atoms with Gasteiger partial charge >= 0.3 is 0 Å². The van der Waals surface area contributed by atoms with Gasteiger partial charge in [-0.3, -0.25) is 0 Å². The highest BCUT2D eigenvalue weighted by molar-refractivity contribution is 5.71. The van der Waals surface area contributed by atoms with Gasteiger partial charge in [0.15, 0.2) is 17.4 Å². The van der Waals surface area contributed by atoms with Gasteiger partial charge in [0.1, 0.15) is 11.5 Å². The number of hydrogen-bond donors (Lipinski definition) is 1. The molecule has 0 radical (unpaired) electrons. The molecule has 0 unspecified atom stereocenters. The number of rotatable bonds is 3. The highest BCUT2D eigenvalue weighted by Gasteiger charge is 2.13. The summed E-state index contributed by atoms with van der Waals surface area (Å²) in [6.07, 6.45) is 0. The Bertz CT molecular complexity index is 778. The Balaban J connectivity index is 2.05. The van der Waals surface area contributed by atoms with Crippen LogP contribution in [0, 0.1) is 11.6 Å². The summed E-state index contributed by atoms with van der Waals surface area (Å²) in [6, 6.07) is 18.2. The minimum atomic E-state index is -1.01. The minimum Gasteiger partial charge on any atom is -0.503 e. The van der Waals surface area contributed by atoms with Gasteiger partial charge in [0.25, 0.3) is 0 Å². The molecule has 2 nitrogen and oxygen atoms in total. The van der Waals surface area contributed by atoms with E-state index in [0.717, 1.165) is 12.1 Å². The summed E-state index contributed by atoms with van der Waals surface area (Å²) in [4.78, 5) is 0. The molecular formula is C18H12F2O2. The lowest BCUT2D eigenvalue weighted by molar-refractivity contribution is 0.396. The number of phenolic OH excluding ortho intramolecular Hbond substituents is 1. The number of halogens is 2. The molecule has 0 amide bonds. The zero-order valence-electron chi connectivity index (χ0n) is 11.5. The summed E-state index contributed by atoms with van der Waals surface area (Å²) in [5, 5.41) is 9.20. The van der Waals surface area contributed by atoms with Crippen LogP contribution in [-0.4, -0.2) is 5.11 Å². The van der Waals surface area contributed by atoms with Crippen molar-refractivity contribution in [3.05, 3.63) is 78.4 Å². The van der Waals surface area contributed by atoms with E-state index in [1.165, 1.54) is 0 Å². The number of phenols is 1. The van der Waals surface area contributed by atoms with Crippen molar-refractivity contribution >= 4 is 0 Å². The van der Waals surface area contributed by atoms with Crippen molar-refractivity contribution in [1.82, 2.24) is 0 Å². The fourth-order valence-electron chi connectivity index (χ4n) is 2.13. The lowest BCUT2D eigenvalue weighted by Crippen LogP contribution is -1.90. The second-order valence-corrected chi connectivity index (χ2v) is 4.70. The van der Waals surface area contributed by atoms with Crippen LogP contribution in [0.3, 0.4) is 0 Å². The lowest BCUT2D eigenvalue weighted by atomic mass is 10.0. The number of ether oxygens (including phenoxy) is 1. The molecule has 3 rings (SSSR count). The largest absolute Gasteiger partial charge is 0.503 e. The van der Waals surface area contributed by atoms with Crippen molar-refractivity contribution in [1.29, 1.82) is 0 Å². The van der Waals surface area contributed by atoms with Crippen LogP contribution in [0.2, 0.25) is 0 Å². The van der Waals surface area contributed by atoms with Gasteiger partial charge in [-0.25, -0.2) is 8.78 Å². The molecule has 1 N–H and O–H groups in total. The van der Waals surface area contributed by atoms with Crippen LogP contribution in [0.4, 0.5) is 8.78 Å². The van der Waals surface area contributed by atoms with Crippen molar-refractivity contribution in [2.24, 2.45) is 0 Å². The van der Waals surface area contributed by atoms with Crippen LogP contribution in [-0.2, 0) is 0 Å². The zero-order chi connectivity index (χ0) is 15.5. The topological polar surface area (TPSA) is 29.5 Å². The molecule has 0 saturated carbocycles. The van der Waals surface area contributed by atoms with Gasteiger partial charge in [-0.2, -0.15) is 0 Å². The maximum atomic E-state index is 13.6. The Morgan fingerprint density at radius 3 is 2.05 bits per heavy atom. The van der Waals surface area contributed by atoms with Crippen LogP contribution in [0.5, 0.6) is 17.2 Å². The molecule has 0 saturated heterocycles. The predicted molar refractivity (Wildman–Crippen MR) is 80.0 cm³/mol. The van der Waals surface area contributed by atoms with E-state index in [-0.39, 0.29) is 0 Å². The van der Waals surface area contributed by atoms with E-state index < -0.39 is 17.4 Å². The Kier molecular flexibility index (Phi) is 3.74. The molecule has 3 aromatic carbocycles. The first-order valence-corrected chi connectivity index (χ1v) is 6.65. The fourth-order valence-corrected chi connectivity index (χ4v) is 2.13. The molecule has 0 aliphatic carbocycles. The Morgan fingerprint density at radius 1 is 0.773 bits per heavy atom. The third kappa shape index (κ3) is 2.76. The Labute approximate surface area is 126 Å². The molecule has 22 heavy (non-hydrogen) atoms. The van der Waals surface area contributed by atoms with Crippen molar-refractivity contribution in [3.8, 4) is 28.4 Å². The van der Waals surface area contributed by atoms with Crippen LogP contribution in [0.1, 0.15) is 0 Å². The van der Waals surface area contributed by atoms with E-state index in [2.05, 4.69) is 0 Å². The van der Waals surface area contributed by atoms with Crippen molar-refractivity contribution in [3.63, 3.8) is 0 Å². The molecule has 4 heteroatoms. The molecular weight excluding hydrogens is 286 g/mol.